The number of para-hydroxylation sites is 1. The van der Waals surface area contributed by atoms with Gasteiger partial charge >= 0.3 is 5.97 Å². The number of halogens is 2. The Morgan fingerprint density at radius 1 is 1.08 bits per heavy atom. The molecule has 126 valence electrons. The van der Waals surface area contributed by atoms with Gasteiger partial charge in [-0.1, -0.05) is 12.1 Å². The number of rotatable bonds is 6. The largest absolute Gasteiger partial charge is 0.482 e. The van der Waals surface area contributed by atoms with Gasteiger partial charge in [0.05, 0.1) is 5.69 Å². The highest BCUT2D eigenvalue weighted by Gasteiger charge is 2.19. The molecule has 2 aromatic carbocycles. The van der Waals surface area contributed by atoms with Crippen LogP contribution in [0, 0.1) is 11.6 Å². The minimum Gasteiger partial charge on any atom is -0.482 e. The van der Waals surface area contributed by atoms with Gasteiger partial charge < -0.3 is 14.8 Å². The summed E-state index contributed by atoms with van der Waals surface area (Å²) < 4.78 is 36.2. The molecule has 0 aromatic heterocycles. The molecule has 1 amide bonds. The lowest BCUT2D eigenvalue weighted by molar-refractivity contribution is -0.155. The number of carbonyl (C=O) groups excluding carboxylic acids is 2. The van der Waals surface area contributed by atoms with E-state index in [4.69, 9.17) is 9.47 Å². The van der Waals surface area contributed by atoms with Crippen molar-refractivity contribution >= 4 is 17.6 Å². The number of hydrogen-bond donors (Lipinski definition) is 1. The van der Waals surface area contributed by atoms with E-state index in [1.807, 2.05) is 0 Å². The third-order valence-corrected chi connectivity index (χ3v) is 2.98. The van der Waals surface area contributed by atoms with Gasteiger partial charge in [-0.05, 0) is 43.3 Å². The second-order valence-electron chi connectivity index (χ2n) is 4.84. The summed E-state index contributed by atoms with van der Waals surface area (Å²) in [6.45, 7) is 0.912. The van der Waals surface area contributed by atoms with Crippen molar-refractivity contribution in [3.63, 3.8) is 0 Å². The van der Waals surface area contributed by atoms with Crippen molar-refractivity contribution in [1.82, 2.24) is 0 Å². The summed E-state index contributed by atoms with van der Waals surface area (Å²) in [5.41, 5.74) is -0.00652. The third-order valence-electron chi connectivity index (χ3n) is 2.98. The maximum atomic E-state index is 13.4. The first-order chi connectivity index (χ1) is 11.5. The zero-order valence-electron chi connectivity index (χ0n) is 12.8. The molecule has 0 heterocycles. The first-order valence-electron chi connectivity index (χ1n) is 7.09. The summed E-state index contributed by atoms with van der Waals surface area (Å²) >= 11 is 0. The van der Waals surface area contributed by atoms with E-state index in [2.05, 4.69) is 5.32 Å². The minimum absolute atomic E-state index is 0.00652. The Bertz CT molecular complexity index is 719. The number of benzene rings is 2. The topological polar surface area (TPSA) is 64.6 Å². The van der Waals surface area contributed by atoms with Crippen LogP contribution in [-0.4, -0.2) is 24.6 Å². The summed E-state index contributed by atoms with van der Waals surface area (Å²) in [4.78, 5) is 23.5. The molecule has 24 heavy (non-hydrogen) atoms. The Morgan fingerprint density at radius 3 is 2.42 bits per heavy atom. The van der Waals surface area contributed by atoms with E-state index in [0.29, 0.717) is 0 Å². The first kappa shape index (κ1) is 17.4. The van der Waals surface area contributed by atoms with E-state index in [-0.39, 0.29) is 11.4 Å². The highest BCUT2D eigenvalue weighted by Crippen LogP contribution is 2.13. The van der Waals surface area contributed by atoms with Crippen LogP contribution in [0.5, 0.6) is 5.75 Å². The first-order valence-corrected chi connectivity index (χ1v) is 7.09. The average Bonchev–Trinajstić information content (AvgIpc) is 2.56. The molecule has 7 heteroatoms. The number of carbonyl (C=O) groups is 2. The molecule has 0 spiro atoms. The Labute approximate surface area is 137 Å². The number of amides is 1. The van der Waals surface area contributed by atoms with Crippen molar-refractivity contribution in [2.75, 3.05) is 11.9 Å². The smallest absolute Gasteiger partial charge is 0.344 e. The van der Waals surface area contributed by atoms with Crippen LogP contribution in [0.15, 0.2) is 48.5 Å². The van der Waals surface area contributed by atoms with Gasteiger partial charge in [0.15, 0.2) is 12.7 Å². The van der Waals surface area contributed by atoms with Gasteiger partial charge in [0.2, 0.25) is 0 Å². The Balaban J connectivity index is 1.81. The number of nitrogens with one attached hydrogen (secondary N) is 1. The summed E-state index contributed by atoms with van der Waals surface area (Å²) in [6, 6.07) is 10.7. The molecular weight excluding hydrogens is 320 g/mol. The number of esters is 1. The van der Waals surface area contributed by atoms with Crippen LogP contribution >= 0.6 is 0 Å². The summed E-state index contributed by atoms with van der Waals surface area (Å²) in [5, 5.41) is 2.32. The fraction of sp³-hybridized carbons (Fsp3) is 0.176. The summed E-state index contributed by atoms with van der Waals surface area (Å²) in [7, 11) is 0. The average molecular weight is 335 g/mol. The number of hydrogen-bond acceptors (Lipinski definition) is 4. The van der Waals surface area contributed by atoms with E-state index < -0.39 is 36.2 Å². The quantitative estimate of drug-likeness (QED) is 0.825. The molecule has 0 saturated heterocycles. The van der Waals surface area contributed by atoms with Gasteiger partial charge in [-0.15, -0.1) is 0 Å². The predicted molar refractivity (Wildman–Crippen MR) is 82.5 cm³/mol. The molecule has 0 unspecified atom stereocenters. The minimum atomic E-state index is -1.13. The molecule has 2 rings (SSSR count). The molecule has 1 N–H and O–H groups in total. The summed E-state index contributed by atoms with van der Waals surface area (Å²) in [6.07, 6.45) is -1.13. The zero-order chi connectivity index (χ0) is 17.5. The van der Waals surface area contributed by atoms with Crippen LogP contribution in [0.3, 0.4) is 0 Å². The lowest BCUT2D eigenvalue weighted by atomic mass is 10.3. The molecule has 0 aliphatic rings. The van der Waals surface area contributed by atoms with Gasteiger partial charge in [-0.2, -0.15) is 0 Å². The Morgan fingerprint density at radius 2 is 1.75 bits per heavy atom. The van der Waals surface area contributed by atoms with Crippen LogP contribution < -0.4 is 10.1 Å². The van der Waals surface area contributed by atoms with Gasteiger partial charge in [0.25, 0.3) is 5.91 Å². The van der Waals surface area contributed by atoms with Crippen molar-refractivity contribution < 1.29 is 27.8 Å². The molecule has 0 radical (unpaired) electrons. The lowest BCUT2D eigenvalue weighted by Crippen LogP contribution is -2.31. The molecule has 2 aromatic rings. The predicted octanol–water partition coefficient (Wildman–Crippen LogP) is 2.91. The van der Waals surface area contributed by atoms with E-state index in [1.165, 1.54) is 49.4 Å². The zero-order valence-corrected chi connectivity index (χ0v) is 12.8. The van der Waals surface area contributed by atoms with E-state index in [9.17, 15) is 18.4 Å². The second kappa shape index (κ2) is 8.05. The van der Waals surface area contributed by atoms with E-state index in [0.717, 1.165) is 0 Å². The molecule has 1 atom stereocenters. The number of ether oxygens (including phenoxy) is 2. The van der Waals surface area contributed by atoms with Crippen LogP contribution in [0.4, 0.5) is 14.5 Å². The van der Waals surface area contributed by atoms with E-state index >= 15 is 0 Å². The summed E-state index contributed by atoms with van der Waals surface area (Å²) in [5.74, 6) is -2.19. The highest BCUT2D eigenvalue weighted by molar-refractivity contribution is 5.95. The maximum absolute atomic E-state index is 13.4. The van der Waals surface area contributed by atoms with Crippen LogP contribution in [0.25, 0.3) is 0 Å². The van der Waals surface area contributed by atoms with Crippen molar-refractivity contribution in [3.05, 3.63) is 60.2 Å². The van der Waals surface area contributed by atoms with Gasteiger partial charge in [-0.3, -0.25) is 4.79 Å². The second-order valence-corrected chi connectivity index (χ2v) is 4.84. The molecule has 5 nitrogen and oxygen atoms in total. The van der Waals surface area contributed by atoms with Gasteiger partial charge in [-0.25, -0.2) is 13.6 Å². The van der Waals surface area contributed by atoms with Gasteiger partial charge in [0.1, 0.15) is 17.4 Å². The maximum Gasteiger partial charge on any atom is 0.344 e. The van der Waals surface area contributed by atoms with Crippen molar-refractivity contribution in [3.8, 4) is 5.75 Å². The normalized spacial score (nSPS) is 11.5. The standard InChI is InChI=1S/C17H15F2NO4/c1-11(17(22)20-15-5-3-2-4-14(15)19)24-16(21)10-23-13-8-6-12(18)7-9-13/h2-9,11H,10H2,1H3,(H,20,22)/t11-/m1/s1. The molecule has 0 saturated carbocycles. The highest BCUT2D eigenvalue weighted by atomic mass is 19.1. The SMILES string of the molecule is C[C@@H](OC(=O)COc1ccc(F)cc1)C(=O)Nc1ccccc1F. The fourth-order valence-corrected chi connectivity index (χ4v) is 1.75. The van der Waals surface area contributed by atoms with Crippen molar-refractivity contribution in [2.45, 2.75) is 13.0 Å². The molecule has 0 aliphatic carbocycles. The number of anilines is 1. The lowest BCUT2D eigenvalue weighted by Gasteiger charge is -2.14. The molecular formula is C17H15F2NO4. The monoisotopic (exact) mass is 335 g/mol. The Hall–Kier alpha value is -2.96. The molecule has 0 bridgehead atoms. The molecule has 0 fully saturated rings. The molecule has 0 aliphatic heterocycles. The van der Waals surface area contributed by atoms with Crippen LogP contribution in [0.1, 0.15) is 6.92 Å². The third kappa shape index (κ3) is 5.05. The van der Waals surface area contributed by atoms with Crippen LogP contribution in [-0.2, 0) is 14.3 Å². The van der Waals surface area contributed by atoms with Crippen molar-refractivity contribution in [2.24, 2.45) is 0 Å². The van der Waals surface area contributed by atoms with E-state index in [1.54, 1.807) is 6.07 Å². The fourth-order valence-electron chi connectivity index (χ4n) is 1.75. The van der Waals surface area contributed by atoms with Crippen LogP contribution in [0.2, 0.25) is 0 Å². The van der Waals surface area contributed by atoms with Crippen molar-refractivity contribution in [1.29, 1.82) is 0 Å². The Kier molecular flexibility index (Phi) is 5.83. The van der Waals surface area contributed by atoms with Gasteiger partial charge in [0, 0.05) is 0 Å².